The van der Waals surface area contributed by atoms with E-state index in [1.807, 2.05) is 0 Å². The van der Waals surface area contributed by atoms with Gasteiger partial charge in [0.15, 0.2) is 6.10 Å². The van der Waals surface area contributed by atoms with Gasteiger partial charge in [0.2, 0.25) is 0 Å². The van der Waals surface area contributed by atoms with Crippen molar-refractivity contribution in [3.05, 3.63) is 34.9 Å². The van der Waals surface area contributed by atoms with E-state index in [1.54, 1.807) is 24.3 Å². The van der Waals surface area contributed by atoms with Crippen LogP contribution in [0.4, 0.5) is 4.79 Å². The van der Waals surface area contributed by atoms with Gasteiger partial charge in [0.05, 0.1) is 12.5 Å². The zero-order valence-corrected chi connectivity index (χ0v) is 15.4. The summed E-state index contributed by atoms with van der Waals surface area (Å²) in [5, 5.41) is 5.92. The van der Waals surface area contributed by atoms with Crippen LogP contribution in [0.1, 0.15) is 50.6 Å². The van der Waals surface area contributed by atoms with Gasteiger partial charge in [-0.05, 0) is 37.5 Å². The summed E-state index contributed by atoms with van der Waals surface area (Å²) in [4.78, 5) is 35.5. The van der Waals surface area contributed by atoms with Crippen LogP contribution in [0, 0.1) is 0 Å². The predicted octanol–water partition coefficient (Wildman–Crippen LogP) is 2.43. The van der Waals surface area contributed by atoms with Crippen LogP contribution in [0.5, 0.6) is 0 Å². The molecule has 3 amide bonds. The lowest BCUT2D eigenvalue weighted by atomic mass is 10.0. The van der Waals surface area contributed by atoms with Crippen LogP contribution >= 0.6 is 11.6 Å². The van der Waals surface area contributed by atoms with Crippen molar-refractivity contribution >= 4 is 29.5 Å². The lowest BCUT2D eigenvalue weighted by Gasteiger charge is -2.20. The number of nitrogens with one attached hydrogen (secondary N) is 2. The molecule has 1 aromatic rings. The largest absolute Gasteiger partial charge is 0.452 e. The van der Waals surface area contributed by atoms with Gasteiger partial charge in [0.1, 0.15) is 0 Å². The minimum absolute atomic E-state index is 0.147. The quantitative estimate of drug-likeness (QED) is 0.630. The highest BCUT2D eigenvalue weighted by Crippen LogP contribution is 2.21. The molecule has 1 saturated carbocycles. The maximum Gasteiger partial charge on any atom is 0.312 e. The number of ether oxygens (including phenoxy) is 1. The standard InChI is InChI=1S/C18H24ClN3O4/c1-11(17(24)21-14-4-2-3-5-14)26-16(23)10-15(22-18(20)25)12-6-8-13(19)9-7-12/h6-9,11,14-15H,2-5,10H2,1H3,(H,21,24)(H3,20,22,25)/t11-,15-/m0/s1. The molecule has 2 rings (SSSR count). The number of primary amides is 1. The maximum atomic E-state index is 12.2. The molecule has 1 aromatic carbocycles. The highest BCUT2D eigenvalue weighted by molar-refractivity contribution is 6.30. The summed E-state index contributed by atoms with van der Waals surface area (Å²) in [6, 6.07) is 5.40. The summed E-state index contributed by atoms with van der Waals surface area (Å²) in [5.74, 6) is -0.913. The Labute approximate surface area is 157 Å². The number of hydrogen-bond donors (Lipinski definition) is 3. The van der Waals surface area contributed by atoms with Crippen LogP contribution in [0.2, 0.25) is 5.02 Å². The van der Waals surface area contributed by atoms with E-state index in [0.29, 0.717) is 10.6 Å². The fraction of sp³-hybridized carbons (Fsp3) is 0.500. The Morgan fingerprint density at radius 2 is 1.85 bits per heavy atom. The first kappa shape index (κ1) is 20.0. The normalized spacial score (nSPS) is 16.5. The van der Waals surface area contributed by atoms with E-state index < -0.39 is 24.1 Å². The van der Waals surface area contributed by atoms with Crippen molar-refractivity contribution in [2.45, 2.75) is 57.2 Å². The van der Waals surface area contributed by atoms with E-state index in [9.17, 15) is 14.4 Å². The van der Waals surface area contributed by atoms with Gasteiger partial charge >= 0.3 is 12.0 Å². The second-order valence-corrected chi connectivity index (χ2v) is 6.88. The molecule has 0 spiro atoms. The van der Waals surface area contributed by atoms with Gasteiger partial charge in [-0.2, -0.15) is 0 Å². The summed E-state index contributed by atoms with van der Waals surface area (Å²) in [5.41, 5.74) is 5.85. The van der Waals surface area contributed by atoms with Gasteiger partial charge in [0.25, 0.3) is 5.91 Å². The van der Waals surface area contributed by atoms with Crippen molar-refractivity contribution in [3.63, 3.8) is 0 Å². The highest BCUT2D eigenvalue weighted by Gasteiger charge is 2.25. The van der Waals surface area contributed by atoms with Crippen LogP contribution in [-0.2, 0) is 14.3 Å². The fourth-order valence-corrected chi connectivity index (χ4v) is 3.10. The van der Waals surface area contributed by atoms with Gasteiger partial charge < -0.3 is 21.1 Å². The van der Waals surface area contributed by atoms with Gasteiger partial charge in [-0.3, -0.25) is 9.59 Å². The lowest BCUT2D eigenvalue weighted by molar-refractivity contribution is -0.155. The van der Waals surface area contributed by atoms with Crippen molar-refractivity contribution in [1.29, 1.82) is 0 Å². The molecule has 0 bridgehead atoms. The Morgan fingerprint density at radius 3 is 2.42 bits per heavy atom. The van der Waals surface area contributed by atoms with Crippen LogP contribution in [0.15, 0.2) is 24.3 Å². The van der Waals surface area contributed by atoms with Crippen LogP contribution < -0.4 is 16.4 Å². The lowest BCUT2D eigenvalue weighted by Crippen LogP contribution is -2.41. The van der Waals surface area contributed by atoms with Gasteiger partial charge in [-0.1, -0.05) is 36.6 Å². The van der Waals surface area contributed by atoms with Crippen molar-refractivity contribution < 1.29 is 19.1 Å². The molecule has 26 heavy (non-hydrogen) atoms. The smallest absolute Gasteiger partial charge is 0.312 e. The van der Waals surface area contributed by atoms with Crippen molar-refractivity contribution in [1.82, 2.24) is 10.6 Å². The highest BCUT2D eigenvalue weighted by atomic mass is 35.5. The van der Waals surface area contributed by atoms with E-state index >= 15 is 0 Å². The van der Waals surface area contributed by atoms with E-state index in [2.05, 4.69) is 10.6 Å². The first-order valence-electron chi connectivity index (χ1n) is 8.66. The summed E-state index contributed by atoms with van der Waals surface area (Å²) in [7, 11) is 0. The molecule has 7 nitrogen and oxygen atoms in total. The monoisotopic (exact) mass is 381 g/mol. The molecule has 1 aliphatic carbocycles. The molecular weight excluding hydrogens is 358 g/mol. The van der Waals surface area contributed by atoms with Crippen LogP contribution in [0.3, 0.4) is 0 Å². The van der Waals surface area contributed by atoms with E-state index in [4.69, 9.17) is 22.1 Å². The van der Waals surface area contributed by atoms with Crippen LogP contribution in [-0.4, -0.2) is 30.1 Å². The number of amides is 3. The fourth-order valence-electron chi connectivity index (χ4n) is 2.97. The minimum Gasteiger partial charge on any atom is -0.452 e. The summed E-state index contributed by atoms with van der Waals surface area (Å²) < 4.78 is 5.21. The zero-order valence-electron chi connectivity index (χ0n) is 14.7. The zero-order chi connectivity index (χ0) is 19.1. The third-order valence-electron chi connectivity index (χ3n) is 4.34. The predicted molar refractivity (Wildman–Crippen MR) is 97.5 cm³/mol. The van der Waals surface area contributed by atoms with Crippen molar-refractivity contribution in [2.75, 3.05) is 0 Å². The third kappa shape index (κ3) is 6.22. The number of hydrogen-bond acceptors (Lipinski definition) is 4. The Balaban J connectivity index is 1.91. The number of rotatable bonds is 7. The van der Waals surface area contributed by atoms with E-state index in [-0.39, 0.29) is 18.4 Å². The number of nitrogens with two attached hydrogens (primary N) is 1. The van der Waals surface area contributed by atoms with Crippen molar-refractivity contribution in [2.24, 2.45) is 5.73 Å². The van der Waals surface area contributed by atoms with Crippen LogP contribution in [0.25, 0.3) is 0 Å². The van der Waals surface area contributed by atoms with Gasteiger partial charge in [0, 0.05) is 11.1 Å². The molecule has 0 unspecified atom stereocenters. The molecule has 8 heteroatoms. The number of carbonyl (C=O) groups excluding carboxylic acids is 3. The maximum absolute atomic E-state index is 12.2. The van der Waals surface area contributed by atoms with E-state index in [1.165, 1.54) is 6.92 Å². The Morgan fingerprint density at radius 1 is 1.23 bits per heavy atom. The molecule has 1 fully saturated rings. The van der Waals surface area contributed by atoms with E-state index in [0.717, 1.165) is 25.7 Å². The molecule has 2 atom stereocenters. The number of esters is 1. The molecule has 0 aromatic heterocycles. The minimum atomic E-state index is -0.900. The van der Waals surface area contributed by atoms with Gasteiger partial charge in [-0.15, -0.1) is 0 Å². The average Bonchev–Trinajstić information content (AvgIpc) is 3.07. The third-order valence-corrected chi connectivity index (χ3v) is 4.59. The summed E-state index contributed by atoms with van der Waals surface area (Å²) in [6.45, 7) is 1.53. The average molecular weight is 382 g/mol. The molecule has 4 N–H and O–H groups in total. The Kier molecular flexibility index (Phi) is 7.26. The Hall–Kier alpha value is -2.28. The second kappa shape index (κ2) is 9.43. The molecule has 1 aliphatic rings. The molecule has 0 saturated heterocycles. The first-order valence-corrected chi connectivity index (χ1v) is 9.04. The number of halogens is 1. The Bertz CT molecular complexity index is 644. The van der Waals surface area contributed by atoms with Crippen molar-refractivity contribution in [3.8, 4) is 0 Å². The van der Waals surface area contributed by atoms with Gasteiger partial charge in [-0.25, -0.2) is 4.79 Å². The number of benzene rings is 1. The summed E-state index contributed by atoms with van der Waals surface area (Å²) >= 11 is 5.85. The molecule has 0 radical (unpaired) electrons. The number of urea groups is 1. The SMILES string of the molecule is C[C@H](OC(=O)C[C@H](NC(N)=O)c1ccc(Cl)cc1)C(=O)NC1CCCC1. The molecule has 0 heterocycles. The summed E-state index contributed by atoms with van der Waals surface area (Å²) in [6.07, 6.45) is 3.05. The first-order chi connectivity index (χ1) is 12.3. The number of carbonyl (C=O) groups is 3. The topological polar surface area (TPSA) is 111 Å². The molecular formula is C18H24ClN3O4. The molecule has 0 aliphatic heterocycles. The molecule has 142 valence electrons. The second-order valence-electron chi connectivity index (χ2n) is 6.44.